The van der Waals surface area contributed by atoms with E-state index in [1.807, 2.05) is 54.6 Å². The molecule has 0 radical (unpaired) electrons. The summed E-state index contributed by atoms with van der Waals surface area (Å²) in [6.07, 6.45) is 7.98. The number of allylic oxidation sites excluding steroid dienone is 2. The van der Waals surface area contributed by atoms with Crippen LogP contribution in [0.3, 0.4) is 0 Å². The predicted octanol–water partition coefficient (Wildman–Crippen LogP) is 3.10. The summed E-state index contributed by atoms with van der Waals surface area (Å²) in [5.41, 5.74) is 1.09. The van der Waals surface area contributed by atoms with Gasteiger partial charge in [-0.1, -0.05) is 61.6 Å². The van der Waals surface area contributed by atoms with Gasteiger partial charge in [0.2, 0.25) is 5.91 Å². The monoisotopic (exact) mass is 297 g/mol. The highest BCUT2D eigenvalue weighted by atomic mass is 16.6. The van der Waals surface area contributed by atoms with E-state index in [1.54, 1.807) is 6.92 Å². The quantitative estimate of drug-likeness (QED) is 0.858. The number of hydrogen-bond acceptors (Lipinski definition) is 3. The van der Waals surface area contributed by atoms with Crippen LogP contribution >= 0.6 is 0 Å². The molecule has 4 heteroatoms. The number of cyclic esters (lactones) is 1. The summed E-state index contributed by atoms with van der Waals surface area (Å²) >= 11 is 0. The standard InChI is InChI=1S/C18H19NO3/c1-2-16(20)19-15(12-13-8-4-3-5-9-13)17(22-18(19)21)14-10-6-7-11-14/h3-11,14-15,17H,2,12H2,1H3/t15-,17+/m1/s1. The molecule has 0 N–H and O–H groups in total. The molecule has 114 valence electrons. The number of carbonyl (C=O) groups is 2. The summed E-state index contributed by atoms with van der Waals surface area (Å²) in [5.74, 6) is -0.147. The van der Waals surface area contributed by atoms with Crippen molar-refractivity contribution in [1.29, 1.82) is 0 Å². The Morgan fingerprint density at radius 3 is 2.50 bits per heavy atom. The van der Waals surface area contributed by atoms with Crippen LogP contribution < -0.4 is 0 Å². The molecule has 2 amide bonds. The lowest BCUT2D eigenvalue weighted by atomic mass is 9.92. The van der Waals surface area contributed by atoms with Crippen LogP contribution in [0.5, 0.6) is 0 Å². The predicted molar refractivity (Wildman–Crippen MR) is 83.1 cm³/mol. The van der Waals surface area contributed by atoms with E-state index in [9.17, 15) is 9.59 Å². The molecular formula is C18H19NO3. The number of hydrogen-bond donors (Lipinski definition) is 0. The smallest absolute Gasteiger partial charge is 0.417 e. The van der Waals surface area contributed by atoms with E-state index >= 15 is 0 Å². The first-order valence-corrected chi connectivity index (χ1v) is 7.62. The van der Waals surface area contributed by atoms with Crippen molar-refractivity contribution in [3.8, 4) is 0 Å². The Labute approximate surface area is 130 Å². The van der Waals surface area contributed by atoms with E-state index in [-0.39, 0.29) is 24.0 Å². The lowest BCUT2D eigenvalue weighted by Gasteiger charge is -2.25. The van der Waals surface area contributed by atoms with Crippen LogP contribution in [0, 0.1) is 5.92 Å². The van der Waals surface area contributed by atoms with Crippen LogP contribution in [-0.4, -0.2) is 29.0 Å². The van der Waals surface area contributed by atoms with Crippen molar-refractivity contribution in [3.63, 3.8) is 0 Å². The highest BCUT2D eigenvalue weighted by Gasteiger charge is 2.47. The zero-order valence-corrected chi connectivity index (χ0v) is 12.5. The number of benzene rings is 1. The van der Waals surface area contributed by atoms with Gasteiger partial charge in [0.25, 0.3) is 0 Å². The molecule has 0 unspecified atom stereocenters. The molecule has 4 nitrogen and oxygen atoms in total. The lowest BCUT2D eigenvalue weighted by Crippen LogP contribution is -2.43. The van der Waals surface area contributed by atoms with Gasteiger partial charge in [0.15, 0.2) is 0 Å². The van der Waals surface area contributed by atoms with Crippen molar-refractivity contribution in [2.75, 3.05) is 0 Å². The van der Waals surface area contributed by atoms with Gasteiger partial charge in [0, 0.05) is 12.3 Å². The van der Waals surface area contributed by atoms with Crippen LogP contribution in [0.15, 0.2) is 54.6 Å². The van der Waals surface area contributed by atoms with Gasteiger partial charge in [-0.25, -0.2) is 9.69 Å². The summed E-state index contributed by atoms with van der Waals surface area (Å²) in [6.45, 7) is 1.76. The van der Waals surface area contributed by atoms with Gasteiger partial charge in [0.1, 0.15) is 6.10 Å². The molecule has 1 aromatic carbocycles. The number of imide groups is 1. The molecule has 1 aliphatic carbocycles. The van der Waals surface area contributed by atoms with Gasteiger partial charge in [-0.2, -0.15) is 0 Å². The highest BCUT2D eigenvalue weighted by molar-refractivity contribution is 5.93. The highest BCUT2D eigenvalue weighted by Crippen LogP contribution is 2.31. The minimum absolute atomic E-state index is 0.0346. The summed E-state index contributed by atoms with van der Waals surface area (Å²) in [6, 6.07) is 9.63. The van der Waals surface area contributed by atoms with Crippen LogP contribution in [0.2, 0.25) is 0 Å². The Morgan fingerprint density at radius 1 is 1.18 bits per heavy atom. The average Bonchev–Trinajstić information content (AvgIpc) is 3.16. The molecule has 3 rings (SSSR count). The van der Waals surface area contributed by atoms with E-state index in [4.69, 9.17) is 4.74 Å². The van der Waals surface area contributed by atoms with Gasteiger partial charge in [-0.15, -0.1) is 0 Å². The van der Waals surface area contributed by atoms with E-state index < -0.39 is 6.09 Å². The first-order valence-electron chi connectivity index (χ1n) is 7.62. The molecule has 1 aromatic rings. The lowest BCUT2D eigenvalue weighted by molar-refractivity contribution is -0.129. The number of rotatable bonds is 4. The number of nitrogens with zero attached hydrogens (tertiary/aromatic N) is 1. The first-order chi connectivity index (χ1) is 10.7. The van der Waals surface area contributed by atoms with Crippen molar-refractivity contribution < 1.29 is 14.3 Å². The molecule has 0 saturated carbocycles. The van der Waals surface area contributed by atoms with E-state index in [0.717, 1.165) is 5.56 Å². The summed E-state index contributed by atoms with van der Waals surface area (Å²) in [4.78, 5) is 25.7. The Bertz CT molecular complexity index is 608. The molecule has 0 aromatic heterocycles. The van der Waals surface area contributed by atoms with E-state index in [0.29, 0.717) is 12.8 Å². The molecule has 2 atom stereocenters. The first kappa shape index (κ1) is 14.6. The zero-order valence-electron chi connectivity index (χ0n) is 12.5. The van der Waals surface area contributed by atoms with Crippen LogP contribution in [0.1, 0.15) is 18.9 Å². The molecule has 1 aliphatic heterocycles. The van der Waals surface area contributed by atoms with Crippen molar-refractivity contribution in [1.82, 2.24) is 4.90 Å². The average molecular weight is 297 g/mol. The van der Waals surface area contributed by atoms with Gasteiger partial charge in [0.05, 0.1) is 6.04 Å². The van der Waals surface area contributed by atoms with Crippen molar-refractivity contribution in [3.05, 3.63) is 60.2 Å². The Balaban J connectivity index is 1.89. The molecule has 0 bridgehead atoms. The normalized spacial score (nSPS) is 24.0. The molecule has 1 heterocycles. The molecule has 1 fully saturated rings. The Morgan fingerprint density at radius 2 is 1.86 bits per heavy atom. The molecule has 0 spiro atoms. The van der Waals surface area contributed by atoms with Crippen molar-refractivity contribution in [2.24, 2.45) is 5.92 Å². The maximum Gasteiger partial charge on any atom is 0.417 e. The Hall–Kier alpha value is -2.36. The molecule has 2 aliphatic rings. The van der Waals surface area contributed by atoms with Crippen molar-refractivity contribution >= 4 is 12.0 Å². The maximum atomic E-state index is 12.2. The van der Waals surface area contributed by atoms with Crippen LogP contribution in [-0.2, 0) is 16.0 Å². The second-order valence-electron chi connectivity index (χ2n) is 5.57. The van der Waals surface area contributed by atoms with Gasteiger partial charge >= 0.3 is 6.09 Å². The van der Waals surface area contributed by atoms with Crippen LogP contribution in [0.25, 0.3) is 0 Å². The summed E-state index contributed by atoms with van der Waals surface area (Å²) in [7, 11) is 0. The molecule has 1 saturated heterocycles. The fourth-order valence-electron chi connectivity index (χ4n) is 3.06. The fourth-order valence-corrected chi connectivity index (χ4v) is 3.06. The third-order valence-corrected chi connectivity index (χ3v) is 4.16. The van der Waals surface area contributed by atoms with Crippen LogP contribution in [0.4, 0.5) is 4.79 Å². The Kier molecular flexibility index (Phi) is 4.09. The summed E-state index contributed by atoms with van der Waals surface area (Å²) in [5, 5.41) is 0. The third kappa shape index (κ3) is 2.69. The second kappa shape index (κ2) is 6.18. The van der Waals surface area contributed by atoms with E-state index in [1.165, 1.54) is 4.90 Å². The minimum atomic E-state index is -0.522. The SMILES string of the molecule is CCC(=O)N1C(=O)O[C@@H](C2C=CC=C2)[C@H]1Cc1ccccc1. The third-order valence-electron chi connectivity index (χ3n) is 4.16. The minimum Gasteiger partial charge on any atom is -0.443 e. The molecule has 22 heavy (non-hydrogen) atoms. The number of ether oxygens (including phenoxy) is 1. The maximum absolute atomic E-state index is 12.2. The van der Waals surface area contributed by atoms with Gasteiger partial charge < -0.3 is 4.74 Å². The summed E-state index contributed by atoms with van der Waals surface area (Å²) < 4.78 is 5.53. The molecular weight excluding hydrogens is 278 g/mol. The zero-order chi connectivity index (χ0) is 15.5. The van der Waals surface area contributed by atoms with Gasteiger partial charge in [-0.3, -0.25) is 4.79 Å². The van der Waals surface area contributed by atoms with Crippen molar-refractivity contribution in [2.45, 2.75) is 31.9 Å². The second-order valence-corrected chi connectivity index (χ2v) is 5.57. The fraction of sp³-hybridized carbons (Fsp3) is 0.333. The topological polar surface area (TPSA) is 46.6 Å². The van der Waals surface area contributed by atoms with E-state index in [2.05, 4.69) is 0 Å². The number of carbonyl (C=O) groups excluding carboxylic acids is 2. The number of amides is 2. The van der Waals surface area contributed by atoms with Gasteiger partial charge in [-0.05, 0) is 12.0 Å². The largest absolute Gasteiger partial charge is 0.443 e.